The van der Waals surface area contributed by atoms with Gasteiger partial charge in [-0.05, 0) is 44.0 Å². The molecule has 0 aliphatic heterocycles. The van der Waals surface area contributed by atoms with Gasteiger partial charge in [0.2, 0.25) is 0 Å². The Hall–Kier alpha value is -2.07. The van der Waals surface area contributed by atoms with Gasteiger partial charge in [0.25, 0.3) is 5.56 Å². The lowest BCUT2D eigenvalue weighted by Crippen LogP contribution is -2.15. The smallest absolute Gasteiger partial charge is 0.258 e. The van der Waals surface area contributed by atoms with E-state index in [0.29, 0.717) is 11.4 Å². The Balaban J connectivity index is 1.88. The van der Waals surface area contributed by atoms with Crippen LogP contribution < -0.4 is 5.56 Å². The van der Waals surface area contributed by atoms with E-state index in [1.165, 1.54) is 16.0 Å². The predicted molar refractivity (Wildman–Crippen MR) is 91.7 cm³/mol. The van der Waals surface area contributed by atoms with E-state index < -0.39 is 0 Å². The predicted octanol–water partition coefficient (Wildman–Crippen LogP) is 3.91. The molecule has 0 N–H and O–H groups in total. The monoisotopic (exact) mass is 310 g/mol. The molecule has 1 aromatic carbocycles. The maximum Gasteiger partial charge on any atom is 0.258 e. The fourth-order valence-corrected chi connectivity index (χ4v) is 3.35. The van der Waals surface area contributed by atoms with Crippen LogP contribution in [0.25, 0.3) is 5.65 Å². The van der Waals surface area contributed by atoms with E-state index in [-0.39, 0.29) is 5.56 Å². The summed E-state index contributed by atoms with van der Waals surface area (Å²) < 4.78 is 1.60. The molecule has 0 bridgehead atoms. The summed E-state index contributed by atoms with van der Waals surface area (Å²) in [6.07, 6.45) is 1.83. The molecule has 2 aromatic heterocycles. The van der Waals surface area contributed by atoms with Crippen LogP contribution >= 0.6 is 11.8 Å². The molecule has 0 saturated carbocycles. The van der Waals surface area contributed by atoms with Crippen LogP contribution in [0.1, 0.15) is 22.4 Å². The first-order valence-electron chi connectivity index (χ1n) is 7.22. The molecule has 0 radical (unpaired) electrons. The highest BCUT2D eigenvalue weighted by Gasteiger charge is 2.05. The molecular formula is C18H18N2OS. The number of thioether (sulfide) groups is 1. The second kappa shape index (κ2) is 5.97. The molecule has 3 nitrogen and oxygen atoms in total. The summed E-state index contributed by atoms with van der Waals surface area (Å²) in [5.41, 5.74) is 5.07. The molecule has 3 rings (SSSR count). The number of nitrogens with zero attached hydrogens (tertiary/aromatic N) is 2. The second-order valence-electron chi connectivity index (χ2n) is 5.58. The molecule has 0 aliphatic rings. The highest BCUT2D eigenvalue weighted by Crippen LogP contribution is 2.25. The van der Waals surface area contributed by atoms with E-state index in [4.69, 9.17) is 0 Å². The lowest BCUT2D eigenvalue weighted by Gasteiger charge is -2.07. The summed E-state index contributed by atoms with van der Waals surface area (Å²) >= 11 is 1.72. The van der Waals surface area contributed by atoms with Gasteiger partial charge in [-0.3, -0.25) is 9.20 Å². The van der Waals surface area contributed by atoms with Gasteiger partial charge >= 0.3 is 0 Å². The standard InChI is InChI=1S/C18H18N2OS/c1-12-4-6-16(14(3)8-12)22-11-15-9-18(21)20-10-13(2)5-7-17(20)19-15/h4-10H,11H2,1-3H3. The van der Waals surface area contributed by atoms with Crippen molar-refractivity contribution in [1.82, 2.24) is 9.38 Å². The normalized spacial score (nSPS) is 11.0. The number of hydrogen-bond acceptors (Lipinski definition) is 3. The molecule has 0 aliphatic carbocycles. The largest absolute Gasteiger partial charge is 0.269 e. The molecule has 3 aromatic rings. The van der Waals surface area contributed by atoms with Gasteiger partial charge in [0.05, 0.1) is 5.69 Å². The van der Waals surface area contributed by atoms with Gasteiger partial charge < -0.3 is 0 Å². The summed E-state index contributed by atoms with van der Waals surface area (Å²) in [4.78, 5) is 18.0. The molecule has 2 heterocycles. The summed E-state index contributed by atoms with van der Waals surface area (Å²) in [6, 6.07) is 11.9. The number of aromatic nitrogens is 2. The quantitative estimate of drug-likeness (QED) is 0.688. The zero-order chi connectivity index (χ0) is 15.7. The van der Waals surface area contributed by atoms with Crippen molar-refractivity contribution in [2.24, 2.45) is 0 Å². The van der Waals surface area contributed by atoms with Crippen LogP contribution in [0.5, 0.6) is 0 Å². The van der Waals surface area contributed by atoms with Crippen LogP contribution in [0.2, 0.25) is 0 Å². The maximum absolute atomic E-state index is 12.2. The highest BCUT2D eigenvalue weighted by atomic mass is 32.2. The zero-order valence-corrected chi connectivity index (χ0v) is 13.8. The molecule has 0 atom stereocenters. The van der Waals surface area contributed by atoms with Gasteiger partial charge in [0, 0.05) is 22.9 Å². The topological polar surface area (TPSA) is 34.4 Å². The Bertz CT molecular complexity index is 899. The molecule has 0 fully saturated rings. The third-order valence-electron chi connectivity index (χ3n) is 3.57. The Morgan fingerprint density at radius 2 is 1.82 bits per heavy atom. The molecular weight excluding hydrogens is 292 g/mol. The third-order valence-corrected chi connectivity index (χ3v) is 4.78. The molecule has 4 heteroatoms. The van der Waals surface area contributed by atoms with Crippen LogP contribution in [-0.4, -0.2) is 9.38 Å². The van der Waals surface area contributed by atoms with Crippen LogP contribution in [0.4, 0.5) is 0 Å². The minimum absolute atomic E-state index is 0.0232. The molecule has 0 unspecified atom stereocenters. The van der Waals surface area contributed by atoms with E-state index >= 15 is 0 Å². The lowest BCUT2D eigenvalue weighted by molar-refractivity contribution is 1.00. The minimum Gasteiger partial charge on any atom is -0.269 e. The second-order valence-corrected chi connectivity index (χ2v) is 6.60. The van der Waals surface area contributed by atoms with Crippen LogP contribution in [-0.2, 0) is 5.75 Å². The van der Waals surface area contributed by atoms with Gasteiger partial charge in [-0.2, -0.15) is 0 Å². The summed E-state index contributed by atoms with van der Waals surface area (Å²) in [5, 5.41) is 0. The van der Waals surface area contributed by atoms with Crippen molar-refractivity contribution in [2.45, 2.75) is 31.4 Å². The average molecular weight is 310 g/mol. The maximum atomic E-state index is 12.2. The van der Waals surface area contributed by atoms with Crippen molar-refractivity contribution in [3.05, 3.63) is 75.3 Å². The van der Waals surface area contributed by atoms with Crippen molar-refractivity contribution >= 4 is 17.4 Å². The molecule has 112 valence electrons. The van der Waals surface area contributed by atoms with Crippen molar-refractivity contribution in [3.63, 3.8) is 0 Å². The van der Waals surface area contributed by atoms with E-state index in [1.54, 1.807) is 22.2 Å². The highest BCUT2D eigenvalue weighted by molar-refractivity contribution is 7.98. The summed E-state index contributed by atoms with van der Waals surface area (Å²) in [7, 11) is 0. The average Bonchev–Trinajstić information content (AvgIpc) is 2.47. The number of fused-ring (bicyclic) bond motifs is 1. The van der Waals surface area contributed by atoms with E-state index in [2.05, 4.69) is 37.0 Å². The van der Waals surface area contributed by atoms with E-state index in [1.807, 2.05) is 25.3 Å². The van der Waals surface area contributed by atoms with Crippen LogP contribution in [0, 0.1) is 20.8 Å². The van der Waals surface area contributed by atoms with Gasteiger partial charge in [0.1, 0.15) is 5.65 Å². The molecule has 0 saturated heterocycles. The third kappa shape index (κ3) is 3.07. The van der Waals surface area contributed by atoms with Crippen molar-refractivity contribution in [2.75, 3.05) is 0 Å². The van der Waals surface area contributed by atoms with Gasteiger partial charge in [0.15, 0.2) is 0 Å². The number of benzene rings is 1. The fourth-order valence-electron chi connectivity index (χ4n) is 2.45. The van der Waals surface area contributed by atoms with Crippen LogP contribution in [0.3, 0.4) is 0 Å². The van der Waals surface area contributed by atoms with E-state index in [0.717, 1.165) is 11.3 Å². The van der Waals surface area contributed by atoms with Crippen molar-refractivity contribution < 1.29 is 0 Å². The van der Waals surface area contributed by atoms with Gasteiger partial charge in [-0.25, -0.2) is 4.98 Å². The van der Waals surface area contributed by atoms with E-state index in [9.17, 15) is 4.79 Å². The Morgan fingerprint density at radius 1 is 1.05 bits per heavy atom. The minimum atomic E-state index is -0.0232. The first-order valence-corrected chi connectivity index (χ1v) is 8.20. The molecule has 0 spiro atoms. The zero-order valence-electron chi connectivity index (χ0n) is 13.0. The SMILES string of the molecule is Cc1ccc(SCc2cc(=O)n3cc(C)ccc3n2)c(C)c1. The van der Waals surface area contributed by atoms with Crippen molar-refractivity contribution in [3.8, 4) is 0 Å². The first-order chi connectivity index (χ1) is 10.5. The number of pyridine rings is 1. The summed E-state index contributed by atoms with van der Waals surface area (Å²) in [6.45, 7) is 6.17. The fraction of sp³-hybridized carbons (Fsp3) is 0.222. The van der Waals surface area contributed by atoms with Crippen LogP contribution in [0.15, 0.2) is 52.3 Å². The Kier molecular flexibility index (Phi) is 4.03. The van der Waals surface area contributed by atoms with Crippen molar-refractivity contribution in [1.29, 1.82) is 0 Å². The number of rotatable bonds is 3. The number of aryl methyl sites for hydroxylation is 3. The van der Waals surface area contributed by atoms with Gasteiger partial charge in [-0.1, -0.05) is 23.8 Å². The Morgan fingerprint density at radius 3 is 2.59 bits per heavy atom. The lowest BCUT2D eigenvalue weighted by atomic mass is 10.2. The number of hydrogen-bond donors (Lipinski definition) is 0. The molecule has 0 amide bonds. The Labute approximate surface area is 134 Å². The first kappa shape index (κ1) is 14.9. The van der Waals surface area contributed by atoms with Gasteiger partial charge in [-0.15, -0.1) is 11.8 Å². The molecule has 22 heavy (non-hydrogen) atoms. The summed E-state index contributed by atoms with van der Waals surface area (Å²) in [5.74, 6) is 0.698.